The fraction of sp³-hybridized carbons (Fsp3) is 0.500. The number of rotatable bonds is 7. The number of aliphatic carboxylic acids is 1. The second-order valence-electron chi connectivity index (χ2n) is 4.77. The Hall–Kier alpha value is -1.45. The molecule has 0 amide bonds. The summed E-state index contributed by atoms with van der Waals surface area (Å²) in [5.74, 6) is -1.75. The molecule has 116 valence electrons. The largest absolute Gasteiger partial charge is 0.481 e. The molecule has 9 heteroatoms. The number of nitrogens with one attached hydrogen (secondary N) is 1. The highest BCUT2D eigenvalue weighted by Gasteiger charge is 2.37. The first-order valence-corrected chi connectivity index (χ1v) is 8.61. The van der Waals surface area contributed by atoms with Crippen molar-refractivity contribution in [3.8, 4) is 0 Å². The zero-order chi connectivity index (χ0) is 15.6. The lowest BCUT2D eigenvalue weighted by Gasteiger charge is -2.16. The van der Waals surface area contributed by atoms with Crippen LogP contribution in [0, 0.1) is 5.92 Å². The van der Waals surface area contributed by atoms with E-state index in [-0.39, 0.29) is 22.1 Å². The highest BCUT2D eigenvalue weighted by atomic mass is 32.2. The van der Waals surface area contributed by atoms with Gasteiger partial charge in [-0.25, -0.2) is 17.9 Å². The number of thiophene rings is 1. The molecule has 0 aromatic carbocycles. The van der Waals surface area contributed by atoms with Crippen molar-refractivity contribution in [1.82, 2.24) is 4.72 Å². The SMILES string of the molecule is COC(=O)c1sccc1S(=O)(=O)NC(CC(=O)O)C1CC1. The van der Waals surface area contributed by atoms with Crippen LogP contribution in [0.4, 0.5) is 0 Å². The van der Waals surface area contributed by atoms with Gasteiger partial charge in [-0.3, -0.25) is 4.79 Å². The van der Waals surface area contributed by atoms with Crippen molar-refractivity contribution in [1.29, 1.82) is 0 Å². The predicted octanol–water partition coefficient (Wildman–Crippen LogP) is 1.07. The van der Waals surface area contributed by atoms with Gasteiger partial charge in [-0.1, -0.05) is 0 Å². The van der Waals surface area contributed by atoms with Crippen LogP contribution in [0.25, 0.3) is 0 Å². The Bertz CT molecular complexity index is 646. The molecule has 1 fully saturated rings. The molecule has 1 saturated carbocycles. The summed E-state index contributed by atoms with van der Waals surface area (Å²) in [5, 5.41) is 10.3. The summed E-state index contributed by atoms with van der Waals surface area (Å²) in [6.07, 6.45) is 1.32. The topological polar surface area (TPSA) is 110 Å². The van der Waals surface area contributed by atoms with Crippen molar-refractivity contribution in [2.75, 3.05) is 7.11 Å². The van der Waals surface area contributed by atoms with Crippen LogP contribution in [-0.2, 0) is 19.6 Å². The summed E-state index contributed by atoms with van der Waals surface area (Å²) < 4.78 is 31.7. The zero-order valence-electron chi connectivity index (χ0n) is 11.2. The number of carbonyl (C=O) groups is 2. The molecule has 1 atom stereocenters. The maximum absolute atomic E-state index is 12.4. The fourth-order valence-electron chi connectivity index (χ4n) is 2.00. The number of sulfonamides is 1. The Morgan fingerprint density at radius 1 is 1.52 bits per heavy atom. The van der Waals surface area contributed by atoms with Crippen molar-refractivity contribution in [3.63, 3.8) is 0 Å². The van der Waals surface area contributed by atoms with Gasteiger partial charge >= 0.3 is 11.9 Å². The number of ether oxygens (including phenoxy) is 1. The van der Waals surface area contributed by atoms with Crippen LogP contribution < -0.4 is 4.72 Å². The first-order chi connectivity index (χ1) is 9.85. The summed E-state index contributed by atoms with van der Waals surface area (Å²) in [4.78, 5) is 22.2. The summed E-state index contributed by atoms with van der Waals surface area (Å²) >= 11 is 0.964. The van der Waals surface area contributed by atoms with E-state index in [1.54, 1.807) is 0 Å². The van der Waals surface area contributed by atoms with Gasteiger partial charge in [-0.2, -0.15) is 0 Å². The highest BCUT2D eigenvalue weighted by Crippen LogP contribution is 2.35. The summed E-state index contributed by atoms with van der Waals surface area (Å²) in [5.41, 5.74) is 0. The van der Waals surface area contributed by atoms with Crippen LogP contribution >= 0.6 is 11.3 Å². The van der Waals surface area contributed by atoms with Gasteiger partial charge in [0.25, 0.3) is 0 Å². The van der Waals surface area contributed by atoms with Crippen molar-refractivity contribution >= 4 is 33.3 Å². The number of hydrogen-bond acceptors (Lipinski definition) is 6. The normalized spacial score (nSPS) is 16.4. The number of esters is 1. The third-order valence-electron chi connectivity index (χ3n) is 3.18. The average molecular weight is 333 g/mol. The lowest BCUT2D eigenvalue weighted by Crippen LogP contribution is -2.38. The van der Waals surface area contributed by atoms with Crippen LogP contribution in [0.5, 0.6) is 0 Å². The molecule has 1 aliphatic rings. The van der Waals surface area contributed by atoms with Gasteiger partial charge in [-0.15, -0.1) is 11.3 Å². The lowest BCUT2D eigenvalue weighted by atomic mass is 10.1. The minimum absolute atomic E-state index is 0.0186. The molecular weight excluding hydrogens is 318 g/mol. The molecular formula is C12H15NO6S2. The third kappa shape index (κ3) is 3.80. The number of carboxylic acid groups (broad SMARTS) is 1. The molecule has 0 radical (unpaired) electrons. The van der Waals surface area contributed by atoms with Crippen molar-refractivity contribution < 1.29 is 27.9 Å². The van der Waals surface area contributed by atoms with Gasteiger partial charge in [0.1, 0.15) is 9.77 Å². The Kier molecular flexibility index (Phi) is 4.64. The lowest BCUT2D eigenvalue weighted by molar-refractivity contribution is -0.137. The van der Waals surface area contributed by atoms with E-state index >= 15 is 0 Å². The van der Waals surface area contributed by atoms with E-state index in [9.17, 15) is 18.0 Å². The van der Waals surface area contributed by atoms with Gasteiger partial charge in [0.2, 0.25) is 10.0 Å². The van der Waals surface area contributed by atoms with Crippen molar-refractivity contribution in [3.05, 3.63) is 16.3 Å². The minimum Gasteiger partial charge on any atom is -0.481 e. The van der Waals surface area contributed by atoms with Gasteiger partial charge in [-0.05, 0) is 30.2 Å². The summed E-state index contributed by atoms with van der Waals surface area (Å²) in [7, 11) is -2.79. The van der Waals surface area contributed by atoms with Crippen LogP contribution in [-0.4, -0.2) is 38.6 Å². The van der Waals surface area contributed by atoms with E-state index in [1.807, 2.05) is 0 Å². The number of hydrogen-bond donors (Lipinski definition) is 2. The van der Waals surface area contributed by atoms with Crippen molar-refractivity contribution in [2.24, 2.45) is 5.92 Å². The predicted molar refractivity (Wildman–Crippen MR) is 74.7 cm³/mol. The summed E-state index contributed by atoms with van der Waals surface area (Å²) in [6, 6.07) is 0.655. The standard InChI is InChI=1S/C12H15NO6S2/c1-19-12(16)11-9(4-5-20-11)21(17,18)13-8(6-10(14)15)7-2-3-7/h4-5,7-8,13H,2-3,6H2,1H3,(H,14,15). The Morgan fingerprint density at radius 2 is 2.19 bits per heavy atom. The van der Waals surface area contributed by atoms with E-state index in [4.69, 9.17) is 5.11 Å². The minimum atomic E-state index is -3.96. The van der Waals surface area contributed by atoms with E-state index in [1.165, 1.54) is 18.6 Å². The van der Waals surface area contributed by atoms with Crippen LogP contribution in [0.2, 0.25) is 0 Å². The Morgan fingerprint density at radius 3 is 2.71 bits per heavy atom. The van der Waals surface area contributed by atoms with Gasteiger partial charge in [0, 0.05) is 6.04 Å². The first-order valence-electron chi connectivity index (χ1n) is 6.25. The maximum Gasteiger partial charge on any atom is 0.349 e. The van der Waals surface area contributed by atoms with Gasteiger partial charge in [0.05, 0.1) is 13.5 Å². The molecule has 1 aromatic heterocycles. The molecule has 0 bridgehead atoms. The maximum atomic E-state index is 12.4. The van der Waals surface area contributed by atoms with Gasteiger partial charge < -0.3 is 9.84 Å². The molecule has 21 heavy (non-hydrogen) atoms. The van der Waals surface area contributed by atoms with E-state index < -0.39 is 28.0 Å². The van der Waals surface area contributed by atoms with Crippen LogP contribution in [0.3, 0.4) is 0 Å². The van der Waals surface area contributed by atoms with Crippen LogP contribution in [0.1, 0.15) is 28.9 Å². The molecule has 7 nitrogen and oxygen atoms in total. The number of carboxylic acids is 1. The molecule has 2 rings (SSSR count). The monoisotopic (exact) mass is 333 g/mol. The second-order valence-corrected chi connectivity index (χ2v) is 7.37. The Labute approximate surface area is 126 Å². The highest BCUT2D eigenvalue weighted by molar-refractivity contribution is 7.89. The van der Waals surface area contributed by atoms with Crippen LogP contribution in [0.15, 0.2) is 16.3 Å². The fourth-order valence-corrected chi connectivity index (χ4v) is 4.64. The number of methoxy groups -OCH3 is 1. The van der Waals surface area contributed by atoms with Crippen molar-refractivity contribution in [2.45, 2.75) is 30.2 Å². The van der Waals surface area contributed by atoms with Gasteiger partial charge in [0.15, 0.2) is 0 Å². The van der Waals surface area contributed by atoms with E-state index in [2.05, 4.69) is 9.46 Å². The van der Waals surface area contributed by atoms with E-state index in [0.29, 0.717) is 0 Å². The molecule has 0 aliphatic heterocycles. The number of carbonyl (C=O) groups excluding carboxylic acids is 1. The average Bonchev–Trinajstić information content (AvgIpc) is 3.12. The molecule has 1 heterocycles. The molecule has 1 aliphatic carbocycles. The summed E-state index contributed by atoms with van der Waals surface area (Å²) in [6.45, 7) is 0. The zero-order valence-corrected chi connectivity index (χ0v) is 12.9. The molecule has 1 aromatic rings. The van der Waals surface area contributed by atoms with E-state index in [0.717, 1.165) is 24.2 Å². The first kappa shape index (κ1) is 15.9. The quantitative estimate of drug-likeness (QED) is 0.722. The molecule has 0 saturated heterocycles. The molecule has 2 N–H and O–H groups in total. The smallest absolute Gasteiger partial charge is 0.349 e. The molecule has 1 unspecified atom stereocenters. The third-order valence-corrected chi connectivity index (χ3v) is 5.74. The molecule has 0 spiro atoms. The second kappa shape index (κ2) is 6.12. The Balaban J connectivity index is 2.23.